The van der Waals surface area contributed by atoms with Crippen molar-refractivity contribution in [2.75, 3.05) is 0 Å². The fourth-order valence-electron chi connectivity index (χ4n) is 0.821. The maximum absolute atomic E-state index is 10.5. The van der Waals surface area contributed by atoms with Crippen molar-refractivity contribution >= 4 is 17.9 Å². The molecule has 1 aliphatic rings. The molecule has 0 aromatic carbocycles. The van der Waals surface area contributed by atoms with E-state index in [-0.39, 0.29) is 24.5 Å². The number of carbonyl (C=O) groups excluding carboxylic acids is 3. The predicted molar refractivity (Wildman–Crippen MR) is 89.8 cm³/mol. The summed E-state index contributed by atoms with van der Waals surface area (Å²) in [6.07, 6.45) is 8.24. The molecule has 1 unspecified atom stereocenters. The van der Waals surface area contributed by atoms with Crippen LogP contribution in [0.3, 0.4) is 0 Å². The Morgan fingerprint density at radius 3 is 1.95 bits per heavy atom. The van der Waals surface area contributed by atoms with Crippen molar-refractivity contribution in [1.29, 1.82) is 0 Å². The number of aldehydes is 1. The summed E-state index contributed by atoms with van der Waals surface area (Å²) in [7, 11) is 0. The molecule has 0 amide bonds. The first-order valence-corrected chi connectivity index (χ1v) is 6.75. The van der Waals surface area contributed by atoms with E-state index >= 15 is 0 Å². The van der Waals surface area contributed by atoms with Crippen LogP contribution in [0.25, 0.3) is 0 Å². The van der Waals surface area contributed by atoms with Crippen LogP contribution in [0.5, 0.6) is 0 Å². The first-order chi connectivity index (χ1) is 8.97. The highest BCUT2D eigenvalue weighted by Crippen LogP contribution is 2.12. The van der Waals surface area contributed by atoms with E-state index < -0.39 is 0 Å². The van der Waals surface area contributed by atoms with Gasteiger partial charge in [0, 0.05) is 12.8 Å². The van der Waals surface area contributed by atoms with Crippen LogP contribution in [-0.2, 0) is 14.4 Å². The summed E-state index contributed by atoms with van der Waals surface area (Å²) in [5.74, 6) is 0.917. The lowest BCUT2D eigenvalue weighted by Gasteiger charge is -2.07. The van der Waals surface area contributed by atoms with E-state index in [1.165, 1.54) is 13.0 Å². The molecule has 0 aliphatic heterocycles. The highest BCUT2D eigenvalue weighted by atomic mass is 16.1. The molecule has 4 nitrogen and oxygen atoms in total. The number of ketones is 2. The summed E-state index contributed by atoms with van der Waals surface area (Å²) >= 11 is 0. The van der Waals surface area contributed by atoms with E-state index in [2.05, 4.69) is 13.5 Å². The Morgan fingerprint density at radius 1 is 1.43 bits per heavy atom. The van der Waals surface area contributed by atoms with Gasteiger partial charge >= 0.3 is 0 Å². The van der Waals surface area contributed by atoms with Gasteiger partial charge in [-0.05, 0) is 31.4 Å². The maximum atomic E-state index is 10.5. The molecule has 1 rings (SSSR count). The van der Waals surface area contributed by atoms with Crippen LogP contribution < -0.4 is 0 Å². The quantitative estimate of drug-likeness (QED) is 0.559. The van der Waals surface area contributed by atoms with E-state index in [0.29, 0.717) is 12.3 Å². The lowest BCUT2D eigenvalue weighted by molar-refractivity contribution is -0.115. The van der Waals surface area contributed by atoms with Gasteiger partial charge < -0.3 is 10.3 Å². The van der Waals surface area contributed by atoms with Gasteiger partial charge in [-0.2, -0.15) is 0 Å². The van der Waals surface area contributed by atoms with Crippen molar-refractivity contribution in [1.82, 2.24) is 0 Å². The Bertz CT molecular complexity index is 281. The van der Waals surface area contributed by atoms with Crippen LogP contribution in [-0.4, -0.2) is 23.3 Å². The highest BCUT2D eigenvalue weighted by molar-refractivity contribution is 5.90. The summed E-state index contributed by atoms with van der Waals surface area (Å²) < 4.78 is 0. The van der Waals surface area contributed by atoms with Gasteiger partial charge in [0.05, 0.1) is 0 Å². The number of carbonyl (C=O) groups is 3. The van der Waals surface area contributed by atoms with Gasteiger partial charge in [-0.1, -0.05) is 47.8 Å². The van der Waals surface area contributed by atoms with Crippen LogP contribution in [0.1, 0.15) is 61.3 Å². The van der Waals surface area contributed by atoms with E-state index in [4.69, 9.17) is 0 Å². The largest absolute Gasteiger partial charge is 0.870 e. The van der Waals surface area contributed by atoms with E-state index in [1.54, 1.807) is 6.08 Å². The molecule has 0 radical (unpaired) electrons. The molecule has 1 N–H and O–H groups in total. The molecule has 0 bridgehead atoms. The molecule has 0 spiro atoms. The van der Waals surface area contributed by atoms with Crippen molar-refractivity contribution < 1.29 is 19.9 Å². The minimum absolute atomic E-state index is 0. The second-order valence-corrected chi connectivity index (χ2v) is 3.73. The van der Waals surface area contributed by atoms with Gasteiger partial charge in [-0.15, -0.1) is 0 Å². The second-order valence-electron chi connectivity index (χ2n) is 3.73. The van der Waals surface area contributed by atoms with Crippen LogP contribution in [0.15, 0.2) is 24.8 Å². The maximum Gasteiger partial charge on any atom is 0.155 e. The van der Waals surface area contributed by atoms with Crippen LogP contribution in [0.4, 0.5) is 0 Å². The Morgan fingerprint density at radius 2 is 1.81 bits per heavy atom. The van der Waals surface area contributed by atoms with Crippen molar-refractivity contribution in [2.24, 2.45) is 5.92 Å². The zero-order valence-corrected chi connectivity index (χ0v) is 13.4. The van der Waals surface area contributed by atoms with Gasteiger partial charge in [-0.25, -0.2) is 0 Å². The minimum atomic E-state index is 0. The standard InChI is InChI=1S/C7H10O.C4H6O.C3H6O.C2H6.CH4.H2O/c1-6-2-4-7(8)5-3-6;1-3-4(2)5;1-2-3-4;1-2;;/h2,4,6H,3,5H2,1H3;3H,1H2,2H3;3H,2H2,1H3;1-2H3;1H4;1H2/p-1. The number of hydrogen-bond donors (Lipinski definition) is 0. The normalized spacial score (nSPS) is 14.0. The van der Waals surface area contributed by atoms with Gasteiger partial charge in [-0.3, -0.25) is 9.59 Å². The molecule has 1 aliphatic carbocycles. The zero-order valence-electron chi connectivity index (χ0n) is 13.4. The smallest absolute Gasteiger partial charge is 0.155 e. The average Bonchev–Trinajstić information content (AvgIpc) is 2.45. The molecule has 126 valence electrons. The summed E-state index contributed by atoms with van der Waals surface area (Å²) in [5, 5.41) is 0. The Kier molecular flexibility index (Phi) is 40.6. The fourth-order valence-corrected chi connectivity index (χ4v) is 0.821. The molecule has 0 aromatic rings. The van der Waals surface area contributed by atoms with Crippen LogP contribution in [0.2, 0.25) is 0 Å². The highest BCUT2D eigenvalue weighted by Gasteiger charge is 2.06. The van der Waals surface area contributed by atoms with E-state index in [9.17, 15) is 14.4 Å². The van der Waals surface area contributed by atoms with Crippen molar-refractivity contribution in [2.45, 2.75) is 61.3 Å². The number of hydrogen-bond acceptors (Lipinski definition) is 4. The molecule has 21 heavy (non-hydrogen) atoms. The summed E-state index contributed by atoms with van der Waals surface area (Å²) in [5.41, 5.74) is 0. The molecule has 0 saturated heterocycles. The van der Waals surface area contributed by atoms with E-state index in [0.717, 1.165) is 19.1 Å². The Balaban J connectivity index is -0.0000000584. The van der Waals surface area contributed by atoms with Crippen molar-refractivity contribution in [3.63, 3.8) is 0 Å². The average molecular weight is 301 g/mol. The SMILES string of the molecule is C.C=CC(C)=O.CC.CC1C=CC(=O)CC1.CCC=O.[OH-]. The summed E-state index contributed by atoms with van der Waals surface area (Å²) in [6.45, 7) is 12.6. The minimum Gasteiger partial charge on any atom is -0.870 e. The molecule has 0 saturated carbocycles. The van der Waals surface area contributed by atoms with Gasteiger partial charge in [0.2, 0.25) is 0 Å². The van der Waals surface area contributed by atoms with Crippen LogP contribution in [0, 0.1) is 5.92 Å². The zero-order chi connectivity index (χ0) is 15.7. The van der Waals surface area contributed by atoms with Gasteiger partial charge in [0.25, 0.3) is 0 Å². The topological polar surface area (TPSA) is 81.2 Å². The Hall–Kier alpha value is -1.55. The van der Waals surface area contributed by atoms with Crippen molar-refractivity contribution in [3.8, 4) is 0 Å². The number of allylic oxidation sites excluding steroid dienone is 3. The molecule has 0 heterocycles. The van der Waals surface area contributed by atoms with Crippen LogP contribution >= 0.6 is 0 Å². The van der Waals surface area contributed by atoms with E-state index in [1.807, 2.05) is 26.8 Å². The lowest BCUT2D eigenvalue weighted by Crippen LogP contribution is -2.03. The molecular weight excluding hydrogens is 268 g/mol. The molecule has 0 fully saturated rings. The van der Waals surface area contributed by atoms with Crippen molar-refractivity contribution in [3.05, 3.63) is 24.8 Å². The summed E-state index contributed by atoms with van der Waals surface area (Å²) in [6, 6.07) is 0. The molecule has 4 heteroatoms. The number of rotatable bonds is 2. The third-order valence-corrected chi connectivity index (χ3v) is 1.91. The molecular formula is C17H33O4-. The third-order valence-electron chi connectivity index (χ3n) is 1.91. The lowest BCUT2D eigenvalue weighted by atomic mass is 9.97. The Labute approximate surface area is 130 Å². The fraction of sp³-hybridized carbons (Fsp3) is 0.588. The van der Waals surface area contributed by atoms with Gasteiger partial charge in [0.15, 0.2) is 11.6 Å². The second kappa shape index (κ2) is 26.9. The predicted octanol–water partition coefficient (Wildman–Crippen LogP) is 4.38. The summed E-state index contributed by atoms with van der Waals surface area (Å²) in [4.78, 5) is 29.4. The van der Waals surface area contributed by atoms with Gasteiger partial charge in [0.1, 0.15) is 6.29 Å². The first kappa shape index (κ1) is 31.7. The molecule has 1 atom stereocenters. The first-order valence-electron chi connectivity index (χ1n) is 6.75. The monoisotopic (exact) mass is 301 g/mol. The molecule has 0 aromatic heterocycles. The third kappa shape index (κ3) is 38.1.